The van der Waals surface area contributed by atoms with Crippen LogP contribution in [-0.4, -0.2) is 4.98 Å². The normalized spacial score (nSPS) is 11.6. The number of pyridine rings is 1. The van der Waals surface area contributed by atoms with Crippen molar-refractivity contribution in [2.24, 2.45) is 0 Å². The summed E-state index contributed by atoms with van der Waals surface area (Å²) in [6.45, 7) is 0. The molecule has 0 aliphatic carbocycles. The van der Waals surface area contributed by atoms with E-state index < -0.39 is 11.3 Å². The van der Waals surface area contributed by atoms with Gasteiger partial charge in [-0.25, -0.2) is 14.6 Å². The summed E-state index contributed by atoms with van der Waals surface area (Å²) in [5.41, 5.74) is 1.33. The van der Waals surface area contributed by atoms with Crippen molar-refractivity contribution in [2.45, 2.75) is 0 Å². The summed E-state index contributed by atoms with van der Waals surface area (Å²) in [5.74, 6) is 0. The topological polar surface area (TPSA) is 73.3 Å². The monoisotopic (exact) mass is 391 g/mol. The second kappa shape index (κ2) is 6.12. The highest BCUT2D eigenvalue weighted by Gasteiger charge is 2.14. The molecular formula is C25H13NO4. The van der Waals surface area contributed by atoms with Crippen molar-refractivity contribution in [2.75, 3.05) is 0 Å². The first-order valence-electron chi connectivity index (χ1n) is 9.48. The van der Waals surface area contributed by atoms with Crippen LogP contribution in [0.1, 0.15) is 0 Å². The number of nitrogens with zero attached hydrogens (tertiary/aromatic N) is 1. The lowest BCUT2D eigenvalue weighted by atomic mass is 10.0. The van der Waals surface area contributed by atoms with Crippen molar-refractivity contribution in [3.8, 4) is 11.3 Å². The van der Waals surface area contributed by atoms with E-state index in [4.69, 9.17) is 8.83 Å². The molecule has 0 bridgehead atoms. The third-order valence-electron chi connectivity index (χ3n) is 5.38. The Labute approximate surface area is 168 Å². The molecule has 0 unspecified atom stereocenters. The minimum Gasteiger partial charge on any atom is -0.422 e. The summed E-state index contributed by atoms with van der Waals surface area (Å²) in [4.78, 5) is 29.8. The average molecular weight is 391 g/mol. The number of rotatable bonds is 1. The summed E-state index contributed by atoms with van der Waals surface area (Å²) in [5, 5.41) is 3.96. The van der Waals surface area contributed by atoms with E-state index in [2.05, 4.69) is 4.98 Å². The molecule has 0 saturated heterocycles. The Bertz CT molecular complexity index is 1740. The summed E-state index contributed by atoms with van der Waals surface area (Å²) < 4.78 is 11.0. The van der Waals surface area contributed by atoms with Gasteiger partial charge in [0.2, 0.25) is 0 Å². The number of fused-ring (bicyclic) bond motifs is 6. The smallest absolute Gasteiger partial charge is 0.345 e. The Kier molecular flexibility index (Phi) is 3.40. The zero-order valence-electron chi connectivity index (χ0n) is 15.6. The van der Waals surface area contributed by atoms with Crippen LogP contribution in [0, 0.1) is 0 Å². The Morgan fingerprint density at radius 2 is 1.33 bits per heavy atom. The van der Waals surface area contributed by atoms with Crippen LogP contribution in [0.3, 0.4) is 0 Å². The molecule has 0 amide bonds. The Balaban J connectivity index is 1.70. The van der Waals surface area contributed by atoms with Crippen LogP contribution in [0.5, 0.6) is 0 Å². The summed E-state index contributed by atoms with van der Waals surface area (Å²) in [7, 11) is 0. The molecule has 6 aromatic rings. The number of aromatic nitrogens is 1. The van der Waals surface area contributed by atoms with Crippen molar-refractivity contribution in [1.29, 1.82) is 0 Å². The number of hydrogen-bond acceptors (Lipinski definition) is 5. The van der Waals surface area contributed by atoms with Gasteiger partial charge >= 0.3 is 11.3 Å². The quantitative estimate of drug-likeness (QED) is 0.282. The van der Waals surface area contributed by atoms with E-state index in [1.165, 1.54) is 0 Å². The average Bonchev–Trinajstić information content (AvgIpc) is 2.78. The predicted molar refractivity (Wildman–Crippen MR) is 117 cm³/mol. The van der Waals surface area contributed by atoms with Gasteiger partial charge in [0.1, 0.15) is 11.2 Å². The van der Waals surface area contributed by atoms with E-state index >= 15 is 0 Å². The molecule has 0 aliphatic rings. The largest absolute Gasteiger partial charge is 0.422 e. The van der Waals surface area contributed by atoms with Crippen molar-refractivity contribution < 1.29 is 8.83 Å². The van der Waals surface area contributed by atoms with Gasteiger partial charge in [0.05, 0.1) is 22.2 Å². The summed E-state index contributed by atoms with van der Waals surface area (Å²) >= 11 is 0. The molecule has 3 aromatic heterocycles. The van der Waals surface area contributed by atoms with Crippen molar-refractivity contribution in [1.82, 2.24) is 4.98 Å². The van der Waals surface area contributed by atoms with Gasteiger partial charge in [-0.1, -0.05) is 42.5 Å². The minimum atomic E-state index is -0.475. The van der Waals surface area contributed by atoms with Crippen LogP contribution in [0.15, 0.2) is 97.3 Å². The molecule has 0 aliphatic heterocycles. The lowest BCUT2D eigenvalue weighted by Gasteiger charge is -2.07. The van der Waals surface area contributed by atoms with Gasteiger partial charge in [0, 0.05) is 10.8 Å². The molecule has 5 nitrogen and oxygen atoms in total. The molecule has 0 radical (unpaired) electrons. The highest BCUT2D eigenvalue weighted by Crippen LogP contribution is 2.29. The van der Waals surface area contributed by atoms with Gasteiger partial charge in [-0.2, -0.15) is 0 Å². The number of benzene rings is 3. The second-order valence-electron chi connectivity index (χ2n) is 7.12. The van der Waals surface area contributed by atoms with Crippen molar-refractivity contribution in [3.63, 3.8) is 0 Å². The number of hydrogen-bond donors (Lipinski definition) is 0. The molecule has 30 heavy (non-hydrogen) atoms. The standard InChI is InChI=1S/C25H13NO4/c27-24-17-10-11-20(26-23(17)16-7-3-4-8-21(16)29-24)19-13-18-15-6-2-1-5-14(15)9-12-22(18)30-25(19)28/h1-13H. The highest BCUT2D eigenvalue weighted by atomic mass is 16.4. The van der Waals surface area contributed by atoms with Crippen LogP contribution in [-0.2, 0) is 0 Å². The van der Waals surface area contributed by atoms with Crippen LogP contribution in [0.4, 0.5) is 0 Å². The van der Waals surface area contributed by atoms with E-state index in [0.29, 0.717) is 38.7 Å². The maximum atomic E-state index is 12.7. The van der Waals surface area contributed by atoms with Crippen molar-refractivity contribution >= 4 is 43.6 Å². The Morgan fingerprint density at radius 3 is 2.23 bits per heavy atom. The lowest BCUT2D eigenvalue weighted by molar-refractivity contribution is 0.563. The molecule has 6 rings (SSSR count). The van der Waals surface area contributed by atoms with Crippen molar-refractivity contribution in [3.05, 3.63) is 99.7 Å². The van der Waals surface area contributed by atoms with E-state index in [0.717, 1.165) is 16.2 Å². The maximum Gasteiger partial charge on any atom is 0.345 e. The third kappa shape index (κ3) is 2.39. The zero-order chi connectivity index (χ0) is 20.2. The molecule has 0 spiro atoms. The summed E-state index contributed by atoms with van der Waals surface area (Å²) in [6, 6.07) is 24.0. The Hall–Kier alpha value is -4.25. The molecule has 0 fully saturated rings. The fourth-order valence-corrected chi connectivity index (χ4v) is 3.94. The van der Waals surface area contributed by atoms with Crippen LogP contribution >= 0.6 is 0 Å². The first kappa shape index (κ1) is 16.7. The van der Waals surface area contributed by atoms with Crippen LogP contribution < -0.4 is 11.3 Å². The molecule has 5 heteroatoms. The molecule has 3 aromatic carbocycles. The molecule has 3 heterocycles. The molecular weight excluding hydrogens is 378 g/mol. The predicted octanol–water partition coefficient (Wildman–Crippen LogP) is 5.27. The van der Waals surface area contributed by atoms with Gasteiger partial charge < -0.3 is 8.83 Å². The van der Waals surface area contributed by atoms with Gasteiger partial charge in [0.25, 0.3) is 0 Å². The van der Waals surface area contributed by atoms with E-state index in [1.807, 2.05) is 48.5 Å². The van der Waals surface area contributed by atoms with E-state index in [-0.39, 0.29) is 0 Å². The fourth-order valence-electron chi connectivity index (χ4n) is 3.94. The van der Waals surface area contributed by atoms with E-state index in [9.17, 15) is 9.59 Å². The van der Waals surface area contributed by atoms with E-state index in [1.54, 1.807) is 30.3 Å². The fraction of sp³-hybridized carbons (Fsp3) is 0. The van der Waals surface area contributed by atoms with Gasteiger partial charge in [0.15, 0.2) is 0 Å². The van der Waals surface area contributed by atoms with Crippen LogP contribution in [0.2, 0.25) is 0 Å². The number of para-hydroxylation sites is 1. The lowest BCUT2D eigenvalue weighted by Crippen LogP contribution is -2.06. The van der Waals surface area contributed by atoms with Crippen LogP contribution in [0.25, 0.3) is 54.9 Å². The van der Waals surface area contributed by atoms with Gasteiger partial charge in [-0.05, 0) is 47.2 Å². The highest BCUT2D eigenvalue weighted by molar-refractivity contribution is 6.07. The maximum absolute atomic E-state index is 12.7. The zero-order valence-corrected chi connectivity index (χ0v) is 15.6. The SMILES string of the molecule is O=c1oc2ccc3ccccc3c2cc1-c1ccc2c(=O)oc3ccccc3c2n1. The van der Waals surface area contributed by atoms with Gasteiger partial charge in [-0.3, -0.25) is 0 Å². The first-order chi connectivity index (χ1) is 14.7. The minimum absolute atomic E-state index is 0.345. The summed E-state index contributed by atoms with van der Waals surface area (Å²) in [6.07, 6.45) is 0. The van der Waals surface area contributed by atoms with Gasteiger partial charge in [-0.15, -0.1) is 0 Å². The first-order valence-corrected chi connectivity index (χ1v) is 9.48. The molecule has 142 valence electrons. The molecule has 0 N–H and O–H groups in total. The Morgan fingerprint density at radius 1 is 0.600 bits per heavy atom. The molecule has 0 atom stereocenters. The third-order valence-corrected chi connectivity index (χ3v) is 5.38. The molecule has 0 saturated carbocycles. The second-order valence-corrected chi connectivity index (χ2v) is 7.12.